The van der Waals surface area contributed by atoms with E-state index in [4.69, 9.17) is 22.1 Å². The van der Waals surface area contributed by atoms with Gasteiger partial charge in [0, 0.05) is 11.6 Å². The van der Waals surface area contributed by atoms with Gasteiger partial charge in [0.25, 0.3) is 0 Å². The van der Waals surface area contributed by atoms with Crippen LogP contribution >= 0.6 is 11.6 Å². The molecule has 0 aliphatic heterocycles. The maximum atomic E-state index is 13.7. The van der Waals surface area contributed by atoms with E-state index in [0.29, 0.717) is 16.3 Å². The molecule has 21 heavy (non-hydrogen) atoms. The number of ether oxygens (including phenoxy) is 1. The molecule has 0 heterocycles. The Balaban J connectivity index is 2.05. The first kappa shape index (κ1) is 15.8. The Morgan fingerprint density at radius 3 is 2.71 bits per heavy atom. The summed E-state index contributed by atoms with van der Waals surface area (Å²) in [4.78, 5) is 0. The van der Waals surface area contributed by atoms with E-state index in [0.717, 1.165) is 18.4 Å². The zero-order chi connectivity index (χ0) is 15.2. The maximum Gasteiger partial charge on any atom is 0.131 e. The zero-order valence-corrected chi connectivity index (χ0v) is 12.7. The normalized spacial score (nSPS) is 12.2. The third kappa shape index (κ3) is 4.45. The smallest absolute Gasteiger partial charge is 0.131 e. The second-order valence-electron chi connectivity index (χ2n) is 5.01. The van der Waals surface area contributed by atoms with Crippen molar-refractivity contribution < 1.29 is 9.13 Å². The van der Waals surface area contributed by atoms with Crippen LogP contribution in [0.4, 0.5) is 4.39 Å². The average Bonchev–Trinajstić information content (AvgIpc) is 2.47. The van der Waals surface area contributed by atoms with Crippen LogP contribution in [0.15, 0.2) is 42.5 Å². The largest absolute Gasteiger partial charge is 0.489 e. The lowest BCUT2D eigenvalue weighted by Gasteiger charge is -2.12. The highest BCUT2D eigenvalue weighted by atomic mass is 35.5. The molecule has 0 saturated heterocycles. The Morgan fingerprint density at radius 1 is 1.24 bits per heavy atom. The van der Waals surface area contributed by atoms with E-state index in [2.05, 4.69) is 6.92 Å². The van der Waals surface area contributed by atoms with Gasteiger partial charge in [0.1, 0.15) is 18.2 Å². The molecular formula is C17H19ClFNO. The number of hydrogen-bond acceptors (Lipinski definition) is 2. The van der Waals surface area contributed by atoms with Crippen molar-refractivity contribution in [1.82, 2.24) is 0 Å². The van der Waals surface area contributed by atoms with E-state index in [-0.39, 0.29) is 18.5 Å². The van der Waals surface area contributed by atoms with Crippen molar-refractivity contribution in [2.24, 2.45) is 5.73 Å². The van der Waals surface area contributed by atoms with Crippen molar-refractivity contribution in [1.29, 1.82) is 0 Å². The Kier molecular flexibility index (Phi) is 5.59. The monoisotopic (exact) mass is 307 g/mol. The first-order valence-corrected chi connectivity index (χ1v) is 7.38. The average molecular weight is 308 g/mol. The van der Waals surface area contributed by atoms with E-state index in [9.17, 15) is 4.39 Å². The Labute approximate surface area is 129 Å². The predicted octanol–water partition coefficient (Wildman–Crippen LogP) is 4.34. The fourth-order valence-corrected chi connectivity index (χ4v) is 2.25. The number of halogens is 2. The molecule has 0 amide bonds. The van der Waals surface area contributed by atoms with Gasteiger partial charge in [-0.25, -0.2) is 4.39 Å². The van der Waals surface area contributed by atoms with Gasteiger partial charge in [-0.2, -0.15) is 0 Å². The van der Waals surface area contributed by atoms with Crippen molar-refractivity contribution in [2.45, 2.75) is 32.4 Å². The number of rotatable bonds is 6. The highest BCUT2D eigenvalue weighted by Crippen LogP contribution is 2.22. The summed E-state index contributed by atoms with van der Waals surface area (Å²) in [5, 5.41) is 0.374. The molecule has 2 nitrogen and oxygen atoms in total. The van der Waals surface area contributed by atoms with Crippen molar-refractivity contribution in [3.05, 3.63) is 64.4 Å². The number of benzene rings is 2. The Morgan fingerprint density at radius 2 is 2.00 bits per heavy atom. The van der Waals surface area contributed by atoms with Gasteiger partial charge in [0.15, 0.2) is 0 Å². The molecule has 0 bridgehead atoms. The van der Waals surface area contributed by atoms with E-state index in [1.807, 2.05) is 24.3 Å². The first-order chi connectivity index (χ1) is 10.1. The molecule has 0 aliphatic carbocycles. The topological polar surface area (TPSA) is 35.2 Å². The second-order valence-corrected chi connectivity index (χ2v) is 5.42. The van der Waals surface area contributed by atoms with Crippen LogP contribution in [-0.2, 0) is 13.0 Å². The van der Waals surface area contributed by atoms with Crippen molar-refractivity contribution in [2.75, 3.05) is 0 Å². The van der Waals surface area contributed by atoms with Crippen LogP contribution in [0.25, 0.3) is 0 Å². The lowest BCUT2D eigenvalue weighted by molar-refractivity contribution is 0.299. The minimum Gasteiger partial charge on any atom is -0.489 e. The van der Waals surface area contributed by atoms with Crippen LogP contribution < -0.4 is 10.5 Å². The molecule has 112 valence electrons. The van der Waals surface area contributed by atoms with Crippen LogP contribution in [0, 0.1) is 5.82 Å². The third-order valence-corrected chi connectivity index (χ3v) is 3.72. The SMILES string of the molecule is CCC(N)Cc1cccc(OCc2c(F)cccc2Cl)c1. The minimum absolute atomic E-state index is 0.106. The molecular weight excluding hydrogens is 289 g/mol. The summed E-state index contributed by atoms with van der Waals surface area (Å²) >= 11 is 5.98. The fraction of sp³-hybridized carbons (Fsp3) is 0.294. The van der Waals surface area contributed by atoms with Crippen molar-refractivity contribution in [3.8, 4) is 5.75 Å². The van der Waals surface area contributed by atoms with Gasteiger partial charge in [-0.15, -0.1) is 0 Å². The van der Waals surface area contributed by atoms with Gasteiger partial charge < -0.3 is 10.5 Å². The van der Waals surface area contributed by atoms with E-state index >= 15 is 0 Å². The highest BCUT2D eigenvalue weighted by Gasteiger charge is 2.08. The molecule has 0 saturated carbocycles. The third-order valence-electron chi connectivity index (χ3n) is 3.37. The summed E-state index contributed by atoms with van der Waals surface area (Å²) in [6.45, 7) is 2.17. The van der Waals surface area contributed by atoms with Crippen LogP contribution in [-0.4, -0.2) is 6.04 Å². The minimum atomic E-state index is -0.355. The highest BCUT2D eigenvalue weighted by molar-refractivity contribution is 6.31. The molecule has 2 N–H and O–H groups in total. The molecule has 2 aromatic rings. The molecule has 2 aromatic carbocycles. The standard InChI is InChI=1S/C17H19ClFNO/c1-2-13(20)9-12-5-3-6-14(10-12)21-11-15-16(18)7-4-8-17(15)19/h3-8,10,13H,2,9,11,20H2,1H3. The van der Waals surface area contributed by atoms with E-state index in [1.54, 1.807) is 12.1 Å². The molecule has 0 fully saturated rings. The van der Waals surface area contributed by atoms with E-state index in [1.165, 1.54) is 6.07 Å². The van der Waals surface area contributed by atoms with Gasteiger partial charge >= 0.3 is 0 Å². The van der Waals surface area contributed by atoms with E-state index < -0.39 is 0 Å². The first-order valence-electron chi connectivity index (χ1n) is 7.00. The Bertz CT molecular complexity index is 583. The van der Waals surface area contributed by atoms with Gasteiger partial charge in [-0.3, -0.25) is 0 Å². The van der Waals surface area contributed by atoms with Crippen molar-refractivity contribution in [3.63, 3.8) is 0 Å². The summed E-state index contributed by atoms with van der Waals surface area (Å²) in [5.41, 5.74) is 7.43. The maximum absolute atomic E-state index is 13.7. The summed E-state index contributed by atoms with van der Waals surface area (Å²) in [6.07, 6.45) is 1.73. The quantitative estimate of drug-likeness (QED) is 0.861. The van der Waals surface area contributed by atoms with Gasteiger partial charge in [-0.05, 0) is 42.7 Å². The number of nitrogens with two attached hydrogens (primary N) is 1. The van der Waals surface area contributed by atoms with Crippen LogP contribution in [0.3, 0.4) is 0 Å². The van der Waals surface area contributed by atoms with Gasteiger partial charge in [-0.1, -0.05) is 36.7 Å². The molecule has 0 spiro atoms. The van der Waals surface area contributed by atoms with Crippen LogP contribution in [0.1, 0.15) is 24.5 Å². The molecule has 4 heteroatoms. The molecule has 0 aromatic heterocycles. The number of hydrogen-bond donors (Lipinski definition) is 1. The summed E-state index contributed by atoms with van der Waals surface area (Å²) in [5.74, 6) is 0.335. The molecule has 1 unspecified atom stereocenters. The van der Waals surface area contributed by atoms with Crippen LogP contribution in [0.5, 0.6) is 5.75 Å². The second kappa shape index (κ2) is 7.43. The lowest BCUT2D eigenvalue weighted by atomic mass is 10.0. The molecule has 2 rings (SSSR count). The zero-order valence-electron chi connectivity index (χ0n) is 12.0. The van der Waals surface area contributed by atoms with Gasteiger partial charge in [0.05, 0.1) is 5.02 Å². The summed E-state index contributed by atoms with van der Waals surface area (Å²) < 4.78 is 19.3. The summed E-state index contributed by atoms with van der Waals surface area (Å²) in [6, 6.07) is 12.4. The molecule has 0 radical (unpaired) electrons. The summed E-state index contributed by atoms with van der Waals surface area (Å²) in [7, 11) is 0. The van der Waals surface area contributed by atoms with Crippen molar-refractivity contribution >= 4 is 11.6 Å². The Hall–Kier alpha value is -1.58. The fourth-order valence-electron chi connectivity index (χ4n) is 2.04. The lowest BCUT2D eigenvalue weighted by Crippen LogP contribution is -2.21. The van der Waals surface area contributed by atoms with Crippen LogP contribution in [0.2, 0.25) is 5.02 Å². The molecule has 0 aliphatic rings. The molecule has 1 atom stereocenters. The van der Waals surface area contributed by atoms with Gasteiger partial charge in [0.2, 0.25) is 0 Å². The predicted molar refractivity (Wildman–Crippen MR) is 84.2 cm³/mol.